The highest BCUT2D eigenvalue weighted by molar-refractivity contribution is 5.62. The minimum atomic E-state index is -0.788. The van der Waals surface area contributed by atoms with Crippen molar-refractivity contribution < 1.29 is 14.1 Å². The van der Waals surface area contributed by atoms with Gasteiger partial charge in [-0.2, -0.15) is 0 Å². The van der Waals surface area contributed by atoms with Crippen LogP contribution >= 0.6 is 0 Å². The third-order valence-electron chi connectivity index (χ3n) is 3.10. The van der Waals surface area contributed by atoms with Crippen molar-refractivity contribution in [3.8, 4) is 5.75 Å². The standard InChI is InChI=1S/C15H10FNO3/c16-12-6-7-14-11(8-12)9-13(17(18)19)15(20-14)10-4-2-1-3-5-10/h1-9,15H. The van der Waals surface area contributed by atoms with Crippen LogP contribution < -0.4 is 4.74 Å². The lowest BCUT2D eigenvalue weighted by molar-refractivity contribution is -0.434. The summed E-state index contributed by atoms with van der Waals surface area (Å²) < 4.78 is 18.9. The van der Waals surface area contributed by atoms with Gasteiger partial charge in [-0.05, 0) is 18.2 Å². The third-order valence-corrected chi connectivity index (χ3v) is 3.10. The molecule has 20 heavy (non-hydrogen) atoms. The lowest BCUT2D eigenvalue weighted by Gasteiger charge is -2.22. The van der Waals surface area contributed by atoms with Crippen LogP contribution in [0.3, 0.4) is 0 Å². The van der Waals surface area contributed by atoms with Gasteiger partial charge in [0.25, 0.3) is 5.70 Å². The maximum atomic E-state index is 13.2. The first-order valence-electron chi connectivity index (χ1n) is 6.02. The predicted molar refractivity (Wildman–Crippen MR) is 71.2 cm³/mol. The highest BCUT2D eigenvalue weighted by Crippen LogP contribution is 2.37. The molecular weight excluding hydrogens is 261 g/mol. The maximum absolute atomic E-state index is 13.2. The second-order valence-corrected chi connectivity index (χ2v) is 4.42. The Hall–Kier alpha value is -2.69. The first-order valence-corrected chi connectivity index (χ1v) is 6.02. The second kappa shape index (κ2) is 4.77. The molecule has 0 saturated heterocycles. The van der Waals surface area contributed by atoms with Crippen molar-refractivity contribution in [1.82, 2.24) is 0 Å². The summed E-state index contributed by atoms with van der Waals surface area (Å²) in [6, 6.07) is 12.9. The van der Waals surface area contributed by atoms with Crippen LogP contribution in [0.25, 0.3) is 6.08 Å². The number of nitro groups is 1. The topological polar surface area (TPSA) is 52.4 Å². The van der Waals surface area contributed by atoms with Gasteiger partial charge in [-0.25, -0.2) is 4.39 Å². The summed E-state index contributed by atoms with van der Waals surface area (Å²) in [5, 5.41) is 11.2. The molecule has 0 saturated carbocycles. The fourth-order valence-corrected chi connectivity index (χ4v) is 2.18. The molecule has 0 amide bonds. The number of benzene rings is 2. The molecule has 1 unspecified atom stereocenters. The van der Waals surface area contributed by atoms with Gasteiger partial charge in [0, 0.05) is 17.2 Å². The number of fused-ring (bicyclic) bond motifs is 1. The van der Waals surface area contributed by atoms with Gasteiger partial charge in [-0.1, -0.05) is 30.3 Å². The SMILES string of the molecule is O=[N+]([O-])C1=Cc2cc(F)ccc2OC1c1ccccc1. The second-order valence-electron chi connectivity index (χ2n) is 4.42. The van der Waals surface area contributed by atoms with E-state index in [-0.39, 0.29) is 5.70 Å². The van der Waals surface area contributed by atoms with E-state index in [0.29, 0.717) is 16.9 Å². The van der Waals surface area contributed by atoms with E-state index in [2.05, 4.69) is 0 Å². The molecule has 1 aliphatic rings. The van der Waals surface area contributed by atoms with Gasteiger partial charge in [0.2, 0.25) is 6.10 Å². The Morgan fingerprint density at radius 1 is 1.15 bits per heavy atom. The molecule has 0 bridgehead atoms. The molecule has 0 fully saturated rings. The predicted octanol–water partition coefficient (Wildman–Crippen LogP) is 3.58. The molecule has 1 atom stereocenters. The molecule has 4 nitrogen and oxygen atoms in total. The molecule has 1 aliphatic heterocycles. The number of ether oxygens (including phenoxy) is 1. The smallest absolute Gasteiger partial charge is 0.291 e. The van der Waals surface area contributed by atoms with Gasteiger partial charge >= 0.3 is 0 Å². The van der Waals surface area contributed by atoms with Gasteiger partial charge < -0.3 is 4.74 Å². The highest BCUT2D eigenvalue weighted by Gasteiger charge is 2.33. The van der Waals surface area contributed by atoms with Crippen molar-refractivity contribution in [2.24, 2.45) is 0 Å². The van der Waals surface area contributed by atoms with E-state index in [1.807, 2.05) is 6.07 Å². The quantitative estimate of drug-likeness (QED) is 0.619. The Kier molecular flexibility index (Phi) is 2.95. The van der Waals surface area contributed by atoms with Crippen molar-refractivity contribution >= 4 is 6.08 Å². The molecule has 100 valence electrons. The van der Waals surface area contributed by atoms with Gasteiger partial charge in [-0.15, -0.1) is 0 Å². The van der Waals surface area contributed by atoms with Crippen molar-refractivity contribution in [2.75, 3.05) is 0 Å². The van der Waals surface area contributed by atoms with E-state index in [9.17, 15) is 14.5 Å². The van der Waals surface area contributed by atoms with E-state index in [1.54, 1.807) is 24.3 Å². The van der Waals surface area contributed by atoms with Gasteiger partial charge in [0.05, 0.1) is 4.92 Å². The Morgan fingerprint density at radius 3 is 2.60 bits per heavy atom. The van der Waals surface area contributed by atoms with Crippen LogP contribution in [0.4, 0.5) is 4.39 Å². The molecule has 1 heterocycles. The molecule has 0 spiro atoms. The lowest BCUT2D eigenvalue weighted by atomic mass is 10.0. The summed E-state index contributed by atoms with van der Waals surface area (Å²) in [7, 11) is 0. The van der Waals surface area contributed by atoms with Crippen LogP contribution in [0.5, 0.6) is 5.75 Å². The first-order chi connectivity index (χ1) is 9.65. The molecule has 0 aliphatic carbocycles. The Labute approximate surface area is 114 Å². The molecule has 2 aromatic rings. The highest BCUT2D eigenvalue weighted by atomic mass is 19.1. The van der Waals surface area contributed by atoms with Gasteiger partial charge in [-0.3, -0.25) is 10.1 Å². The summed E-state index contributed by atoms with van der Waals surface area (Å²) in [6.45, 7) is 0. The molecular formula is C15H10FNO3. The minimum Gasteiger partial charge on any atom is -0.474 e. The zero-order valence-electron chi connectivity index (χ0n) is 10.3. The van der Waals surface area contributed by atoms with E-state index < -0.39 is 16.8 Å². The van der Waals surface area contributed by atoms with Crippen LogP contribution in [-0.4, -0.2) is 4.92 Å². The fourth-order valence-electron chi connectivity index (χ4n) is 2.18. The van der Waals surface area contributed by atoms with Gasteiger partial charge in [0.15, 0.2) is 0 Å². The third kappa shape index (κ3) is 2.14. The van der Waals surface area contributed by atoms with Crippen LogP contribution in [0.15, 0.2) is 54.2 Å². The molecule has 0 radical (unpaired) electrons. The first kappa shape index (κ1) is 12.3. The van der Waals surface area contributed by atoms with E-state index in [4.69, 9.17) is 4.74 Å². The number of hydrogen-bond acceptors (Lipinski definition) is 3. The monoisotopic (exact) mass is 271 g/mol. The van der Waals surface area contributed by atoms with Crippen LogP contribution in [0, 0.1) is 15.9 Å². The summed E-state index contributed by atoms with van der Waals surface area (Å²) in [6.07, 6.45) is 0.573. The summed E-state index contributed by atoms with van der Waals surface area (Å²) in [5.74, 6) is -0.0182. The zero-order chi connectivity index (χ0) is 14.1. The minimum absolute atomic E-state index is 0.102. The number of halogens is 1. The fraction of sp³-hybridized carbons (Fsp3) is 0.0667. The van der Waals surface area contributed by atoms with Crippen molar-refractivity contribution in [3.63, 3.8) is 0 Å². The number of rotatable bonds is 2. The molecule has 0 N–H and O–H groups in total. The van der Waals surface area contributed by atoms with Crippen LogP contribution in [-0.2, 0) is 0 Å². The van der Waals surface area contributed by atoms with Crippen molar-refractivity contribution in [2.45, 2.75) is 6.10 Å². The van der Waals surface area contributed by atoms with Crippen LogP contribution in [0.1, 0.15) is 17.2 Å². The largest absolute Gasteiger partial charge is 0.474 e. The molecule has 5 heteroatoms. The van der Waals surface area contributed by atoms with Crippen LogP contribution in [0.2, 0.25) is 0 Å². The van der Waals surface area contributed by atoms with Crippen molar-refractivity contribution in [1.29, 1.82) is 0 Å². The van der Waals surface area contributed by atoms with E-state index in [0.717, 1.165) is 0 Å². The average Bonchev–Trinajstić information content (AvgIpc) is 2.46. The summed E-state index contributed by atoms with van der Waals surface area (Å²) >= 11 is 0. The average molecular weight is 271 g/mol. The molecule has 2 aromatic carbocycles. The van der Waals surface area contributed by atoms with E-state index >= 15 is 0 Å². The lowest BCUT2D eigenvalue weighted by Crippen LogP contribution is -2.19. The van der Waals surface area contributed by atoms with E-state index in [1.165, 1.54) is 24.3 Å². The number of hydrogen-bond donors (Lipinski definition) is 0. The molecule has 0 aromatic heterocycles. The Bertz CT molecular complexity index is 698. The Balaban J connectivity index is 2.10. The van der Waals surface area contributed by atoms with Gasteiger partial charge in [0.1, 0.15) is 11.6 Å². The molecule has 3 rings (SSSR count). The maximum Gasteiger partial charge on any atom is 0.291 e. The Morgan fingerprint density at radius 2 is 1.90 bits per heavy atom. The summed E-state index contributed by atoms with van der Waals surface area (Å²) in [5.41, 5.74) is 0.962. The zero-order valence-corrected chi connectivity index (χ0v) is 10.3. The van der Waals surface area contributed by atoms with Crippen molar-refractivity contribution in [3.05, 3.63) is 81.3 Å². The number of nitrogens with zero attached hydrogens (tertiary/aromatic N) is 1. The summed E-state index contributed by atoms with van der Waals surface area (Å²) in [4.78, 5) is 10.7. The normalized spacial score (nSPS) is 16.9.